The predicted octanol–water partition coefficient (Wildman–Crippen LogP) is 3.02. The van der Waals surface area contributed by atoms with Crippen LogP contribution >= 0.6 is 0 Å². The van der Waals surface area contributed by atoms with Crippen LogP contribution in [0.2, 0.25) is 0 Å². The van der Waals surface area contributed by atoms with Gasteiger partial charge in [-0.3, -0.25) is 9.59 Å². The van der Waals surface area contributed by atoms with Crippen molar-refractivity contribution in [3.8, 4) is 0 Å². The molecule has 2 amide bonds. The molecule has 1 fully saturated rings. The predicted molar refractivity (Wildman–Crippen MR) is 95.0 cm³/mol. The number of amides is 2. The Balaban J connectivity index is 1.79. The van der Waals surface area contributed by atoms with Gasteiger partial charge in [-0.05, 0) is 24.5 Å². The van der Waals surface area contributed by atoms with Crippen LogP contribution in [0.1, 0.15) is 25.3 Å². The van der Waals surface area contributed by atoms with Gasteiger partial charge in [0.25, 0.3) is 0 Å². The average Bonchev–Trinajstić information content (AvgIpc) is 3.03. The number of H-pyrrole nitrogens is 1. The zero-order valence-corrected chi connectivity index (χ0v) is 15.0. The number of carbonyl (C=O) groups is 2. The summed E-state index contributed by atoms with van der Waals surface area (Å²) in [5.74, 6) is -2.37. The molecular weight excluding hydrogens is 359 g/mol. The molecule has 2 heterocycles. The van der Waals surface area contributed by atoms with Gasteiger partial charge in [-0.2, -0.15) is 13.2 Å². The van der Waals surface area contributed by atoms with Crippen molar-refractivity contribution in [3.05, 3.63) is 36.0 Å². The number of benzene rings is 1. The standard InChI is InChI=1S/C19H22F3N3O2/c1-12(26)24-17(9-13-10-23-16-7-3-2-6-15(13)16)18(27)25-8-4-5-14(11-25)19(20,21)22/h2-3,6-7,10,14,17,23H,4-5,8-9,11H2,1H3,(H,24,26)/t14-,17-/m0/s1. The molecule has 27 heavy (non-hydrogen) atoms. The third-order valence-corrected chi connectivity index (χ3v) is 4.97. The van der Waals surface area contributed by atoms with Gasteiger partial charge in [-0.15, -0.1) is 0 Å². The molecule has 0 unspecified atom stereocenters. The summed E-state index contributed by atoms with van der Waals surface area (Å²) in [6.07, 6.45) is -2.01. The average molecular weight is 381 g/mol. The van der Waals surface area contributed by atoms with Crippen molar-refractivity contribution in [2.75, 3.05) is 13.1 Å². The maximum Gasteiger partial charge on any atom is 0.393 e. The number of alkyl halides is 3. The van der Waals surface area contributed by atoms with E-state index < -0.39 is 30.0 Å². The van der Waals surface area contributed by atoms with Crippen molar-refractivity contribution in [2.45, 2.75) is 38.4 Å². The van der Waals surface area contributed by atoms with E-state index in [1.54, 1.807) is 6.20 Å². The Bertz CT molecular complexity index is 831. The third kappa shape index (κ3) is 4.43. The molecule has 8 heteroatoms. The number of nitrogens with one attached hydrogen (secondary N) is 2. The fraction of sp³-hybridized carbons (Fsp3) is 0.474. The van der Waals surface area contributed by atoms with Crippen LogP contribution in [0.5, 0.6) is 0 Å². The zero-order valence-electron chi connectivity index (χ0n) is 15.0. The van der Waals surface area contributed by atoms with Crippen molar-refractivity contribution in [1.82, 2.24) is 15.2 Å². The molecule has 0 saturated carbocycles. The fourth-order valence-electron chi connectivity index (χ4n) is 3.63. The molecule has 1 aliphatic heterocycles. The van der Waals surface area contributed by atoms with E-state index in [4.69, 9.17) is 0 Å². The lowest BCUT2D eigenvalue weighted by Gasteiger charge is -2.35. The largest absolute Gasteiger partial charge is 0.393 e. The van der Waals surface area contributed by atoms with Crippen LogP contribution in [0, 0.1) is 5.92 Å². The van der Waals surface area contributed by atoms with E-state index in [0.717, 1.165) is 16.5 Å². The van der Waals surface area contributed by atoms with Crippen LogP contribution in [-0.4, -0.2) is 47.0 Å². The minimum Gasteiger partial charge on any atom is -0.361 e. The number of carbonyl (C=O) groups excluding carboxylic acids is 2. The molecule has 2 aromatic rings. The van der Waals surface area contributed by atoms with Crippen molar-refractivity contribution < 1.29 is 22.8 Å². The van der Waals surface area contributed by atoms with Gasteiger partial charge < -0.3 is 15.2 Å². The summed E-state index contributed by atoms with van der Waals surface area (Å²) in [7, 11) is 0. The van der Waals surface area contributed by atoms with E-state index in [1.165, 1.54) is 11.8 Å². The Morgan fingerprint density at radius 3 is 2.78 bits per heavy atom. The van der Waals surface area contributed by atoms with Gasteiger partial charge in [-0.25, -0.2) is 0 Å². The minimum absolute atomic E-state index is 0.0283. The van der Waals surface area contributed by atoms with Crippen molar-refractivity contribution in [1.29, 1.82) is 0 Å². The van der Waals surface area contributed by atoms with Gasteiger partial charge >= 0.3 is 6.18 Å². The molecule has 1 aromatic carbocycles. The Hall–Kier alpha value is -2.51. The number of rotatable bonds is 4. The summed E-state index contributed by atoms with van der Waals surface area (Å²) in [6.45, 7) is 1.21. The number of fused-ring (bicyclic) bond motifs is 1. The van der Waals surface area contributed by atoms with Crippen molar-refractivity contribution >= 4 is 22.7 Å². The van der Waals surface area contributed by atoms with Gasteiger partial charge in [0, 0.05) is 43.5 Å². The molecular formula is C19H22F3N3O2. The molecule has 146 valence electrons. The van der Waals surface area contributed by atoms with Crippen LogP contribution in [0.25, 0.3) is 10.9 Å². The topological polar surface area (TPSA) is 65.2 Å². The second kappa shape index (κ2) is 7.62. The summed E-state index contributed by atoms with van der Waals surface area (Å²) in [5.41, 5.74) is 1.73. The first-order valence-corrected chi connectivity index (χ1v) is 8.93. The molecule has 0 spiro atoms. The molecule has 5 nitrogen and oxygen atoms in total. The van der Waals surface area contributed by atoms with Crippen LogP contribution in [0.3, 0.4) is 0 Å². The van der Waals surface area contributed by atoms with Gasteiger partial charge in [0.15, 0.2) is 0 Å². The summed E-state index contributed by atoms with van der Waals surface area (Å²) in [4.78, 5) is 28.8. The zero-order chi connectivity index (χ0) is 19.6. The second-order valence-electron chi connectivity index (χ2n) is 6.98. The summed E-state index contributed by atoms with van der Waals surface area (Å²) in [6, 6.07) is 6.65. The van der Waals surface area contributed by atoms with E-state index in [-0.39, 0.29) is 25.9 Å². The minimum atomic E-state index is -4.32. The first-order valence-electron chi connectivity index (χ1n) is 8.93. The highest BCUT2D eigenvalue weighted by Crippen LogP contribution is 2.33. The molecule has 3 rings (SSSR count). The third-order valence-electron chi connectivity index (χ3n) is 4.97. The molecule has 1 saturated heterocycles. The maximum absolute atomic E-state index is 13.1. The van der Waals surface area contributed by atoms with E-state index in [2.05, 4.69) is 10.3 Å². The van der Waals surface area contributed by atoms with Crippen LogP contribution in [-0.2, 0) is 16.0 Å². The SMILES string of the molecule is CC(=O)N[C@@H](Cc1c[nH]c2ccccc12)C(=O)N1CCC[C@H](C(F)(F)F)C1. The highest BCUT2D eigenvalue weighted by molar-refractivity contribution is 5.89. The van der Waals surface area contributed by atoms with Crippen LogP contribution < -0.4 is 5.32 Å². The Morgan fingerprint density at radius 2 is 2.07 bits per heavy atom. The normalized spacial score (nSPS) is 19.1. The lowest BCUT2D eigenvalue weighted by Crippen LogP contribution is -2.53. The fourth-order valence-corrected chi connectivity index (χ4v) is 3.63. The quantitative estimate of drug-likeness (QED) is 0.855. The number of hydrogen-bond acceptors (Lipinski definition) is 2. The number of halogens is 3. The molecule has 2 N–H and O–H groups in total. The lowest BCUT2D eigenvalue weighted by atomic mass is 9.96. The lowest BCUT2D eigenvalue weighted by molar-refractivity contribution is -0.188. The monoisotopic (exact) mass is 381 g/mol. The molecule has 1 aromatic heterocycles. The number of hydrogen-bond donors (Lipinski definition) is 2. The Morgan fingerprint density at radius 1 is 1.33 bits per heavy atom. The smallest absolute Gasteiger partial charge is 0.361 e. The first kappa shape index (κ1) is 19.3. The van der Waals surface area contributed by atoms with Crippen LogP contribution in [0.15, 0.2) is 30.5 Å². The van der Waals surface area contributed by atoms with Crippen LogP contribution in [0.4, 0.5) is 13.2 Å². The van der Waals surface area contributed by atoms with Gasteiger partial charge in [-0.1, -0.05) is 18.2 Å². The number of para-hydroxylation sites is 1. The van der Waals surface area contributed by atoms with Crippen molar-refractivity contribution in [2.24, 2.45) is 5.92 Å². The Labute approximate surface area is 154 Å². The van der Waals surface area contributed by atoms with E-state index in [0.29, 0.717) is 6.42 Å². The Kier molecular flexibility index (Phi) is 5.43. The highest BCUT2D eigenvalue weighted by Gasteiger charge is 2.43. The summed E-state index contributed by atoms with van der Waals surface area (Å²) in [5, 5.41) is 3.53. The van der Waals surface area contributed by atoms with Gasteiger partial charge in [0.1, 0.15) is 6.04 Å². The second-order valence-corrected chi connectivity index (χ2v) is 6.98. The molecule has 0 aliphatic carbocycles. The summed E-state index contributed by atoms with van der Waals surface area (Å²) >= 11 is 0. The highest BCUT2D eigenvalue weighted by atomic mass is 19.4. The number of likely N-dealkylation sites (tertiary alicyclic amines) is 1. The first-order chi connectivity index (χ1) is 12.8. The van der Waals surface area contributed by atoms with Gasteiger partial charge in [0.2, 0.25) is 11.8 Å². The molecule has 0 bridgehead atoms. The number of nitrogens with zero attached hydrogens (tertiary/aromatic N) is 1. The molecule has 2 atom stereocenters. The number of piperidine rings is 1. The molecule has 1 aliphatic rings. The number of aromatic amines is 1. The maximum atomic E-state index is 13.1. The van der Waals surface area contributed by atoms with Gasteiger partial charge in [0.05, 0.1) is 5.92 Å². The van der Waals surface area contributed by atoms with E-state index >= 15 is 0 Å². The van der Waals surface area contributed by atoms with E-state index in [9.17, 15) is 22.8 Å². The molecule has 0 radical (unpaired) electrons. The van der Waals surface area contributed by atoms with E-state index in [1.807, 2.05) is 24.3 Å². The number of aromatic nitrogens is 1. The van der Waals surface area contributed by atoms with Crippen molar-refractivity contribution in [3.63, 3.8) is 0 Å². The summed E-state index contributed by atoms with van der Waals surface area (Å²) < 4.78 is 39.2.